The summed E-state index contributed by atoms with van der Waals surface area (Å²) in [6, 6.07) is 9.85. The van der Waals surface area contributed by atoms with Crippen molar-refractivity contribution < 1.29 is 22.1 Å². The van der Waals surface area contributed by atoms with Crippen LogP contribution in [0.3, 0.4) is 0 Å². The van der Waals surface area contributed by atoms with Crippen LogP contribution in [-0.2, 0) is 30.6 Å². The summed E-state index contributed by atoms with van der Waals surface area (Å²) in [5.41, 5.74) is 5.03. The lowest BCUT2D eigenvalue weighted by Gasteiger charge is -2.05. The normalized spacial score (nSPS) is 11.7. The Morgan fingerprint density at radius 2 is 1.19 bits per heavy atom. The van der Waals surface area contributed by atoms with Crippen molar-refractivity contribution in [1.82, 2.24) is 29.2 Å². The van der Waals surface area contributed by atoms with Gasteiger partial charge in [0.25, 0.3) is 11.6 Å². The van der Waals surface area contributed by atoms with E-state index in [1.54, 1.807) is 12.1 Å². The molecule has 0 aliphatic heterocycles. The lowest BCUT2D eigenvalue weighted by atomic mass is 10.2. The van der Waals surface area contributed by atoms with Gasteiger partial charge in [-0.1, -0.05) is 26.7 Å². The third-order valence-corrected chi connectivity index (χ3v) is 6.72. The number of nitrogens with zero attached hydrogens (tertiary/aromatic N) is 8. The largest absolute Gasteiger partial charge is 0.744 e. The summed E-state index contributed by atoms with van der Waals surface area (Å²) < 4.78 is 39.0. The Hall–Kier alpha value is -3.77. The topological polar surface area (TPSA) is 125 Å². The van der Waals surface area contributed by atoms with Gasteiger partial charge in [-0.25, -0.2) is 17.6 Å². The lowest BCUT2D eigenvalue weighted by molar-refractivity contribution is -0.668. The van der Waals surface area contributed by atoms with E-state index < -0.39 is 10.1 Å². The summed E-state index contributed by atoms with van der Waals surface area (Å²) in [5.74, 6) is 3.50. The van der Waals surface area contributed by atoms with E-state index in [0.717, 1.165) is 51.5 Å². The highest BCUT2D eigenvalue weighted by Crippen LogP contribution is 2.09. The average molecular weight is 510 g/mol. The maximum Gasteiger partial charge on any atom is 0.387 e. The average Bonchev–Trinajstić information content (AvgIpc) is 3.26. The van der Waals surface area contributed by atoms with Crippen molar-refractivity contribution >= 4 is 21.7 Å². The van der Waals surface area contributed by atoms with Crippen LogP contribution in [0.5, 0.6) is 0 Å². The van der Waals surface area contributed by atoms with Crippen LogP contribution in [0, 0.1) is 34.6 Å². The molecule has 11 nitrogen and oxygen atoms in total. The molecule has 0 saturated carbocycles. The van der Waals surface area contributed by atoms with Crippen molar-refractivity contribution in [3.63, 3.8) is 0 Å². The summed E-state index contributed by atoms with van der Waals surface area (Å²) in [5, 5.41) is 9.47. The molecule has 188 valence electrons. The van der Waals surface area contributed by atoms with Gasteiger partial charge >= 0.3 is 11.6 Å². The van der Waals surface area contributed by atoms with Crippen LogP contribution in [0.4, 0.5) is 0 Å². The number of hydrogen-bond acceptors (Lipinski definition) is 7. The van der Waals surface area contributed by atoms with Gasteiger partial charge in [-0.05, 0) is 56.9 Å². The Kier molecular flexibility index (Phi) is 6.58. The van der Waals surface area contributed by atoms with Crippen molar-refractivity contribution in [2.45, 2.75) is 45.9 Å². The van der Waals surface area contributed by atoms with Gasteiger partial charge in [0, 0.05) is 12.1 Å². The van der Waals surface area contributed by atoms with Gasteiger partial charge < -0.3 is 4.55 Å². The van der Waals surface area contributed by atoms with Gasteiger partial charge in [0.1, 0.15) is 39.3 Å². The first-order valence-corrected chi connectivity index (χ1v) is 12.7. The first-order chi connectivity index (χ1) is 16.8. The van der Waals surface area contributed by atoms with Crippen LogP contribution in [-0.4, -0.2) is 42.2 Å². The van der Waals surface area contributed by atoms with E-state index in [2.05, 4.69) is 9.97 Å². The standard InChI is InChI=1S/C17H22N8.C7H8O3S/c1-10-7-12(3)24-16(18-10)22(5)14(20-24)9-15-21-25-13(4)8-11(2)19-17(25)23(15)6;1-6-2-4-7(5-3-6)11(8,9)10/h7-8H,9H2,1-6H3;2-5H,1H3,(H,8,9,10)/q+2;/p-1. The molecule has 0 unspecified atom stereocenters. The Balaban J connectivity index is 0.000000233. The number of benzene rings is 1. The van der Waals surface area contributed by atoms with Gasteiger partial charge in [0.05, 0.1) is 19.0 Å². The van der Waals surface area contributed by atoms with Crippen LogP contribution in [0.2, 0.25) is 0 Å². The lowest BCUT2D eigenvalue weighted by Crippen LogP contribution is -2.37. The number of aryl methyl sites for hydroxylation is 7. The molecule has 0 aliphatic rings. The molecule has 0 aliphatic carbocycles. The van der Waals surface area contributed by atoms with Crippen LogP contribution in [0.1, 0.15) is 40.0 Å². The van der Waals surface area contributed by atoms with Gasteiger partial charge in [-0.2, -0.15) is 0 Å². The zero-order valence-corrected chi connectivity index (χ0v) is 22.2. The second-order valence-electron chi connectivity index (χ2n) is 8.90. The highest BCUT2D eigenvalue weighted by atomic mass is 32.2. The molecule has 1 aromatic carbocycles. The molecule has 5 aromatic rings. The van der Waals surface area contributed by atoms with Crippen molar-refractivity contribution in [1.29, 1.82) is 0 Å². The first kappa shape index (κ1) is 25.3. The second-order valence-corrected chi connectivity index (χ2v) is 10.3. The number of fused-ring (bicyclic) bond motifs is 2. The molecule has 0 radical (unpaired) electrons. The van der Waals surface area contributed by atoms with E-state index >= 15 is 0 Å². The minimum atomic E-state index is -4.27. The summed E-state index contributed by atoms with van der Waals surface area (Å²) in [6.07, 6.45) is 0.608. The first-order valence-electron chi connectivity index (χ1n) is 11.3. The summed E-state index contributed by atoms with van der Waals surface area (Å²) >= 11 is 0. The monoisotopic (exact) mass is 509 g/mol. The zero-order valence-electron chi connectivity index (χ0n) is 21.4. The zero-order chi connectivity index (χ0) is 26.4. The Morgan fingerprint density at radius 1 is 0.778 bits per heavy atom. The molecule has 0 amide bonds. The fourth-order valence-corrected chi connectivity index (χ4v) is 4.42. The van der Waals surface area contributed by atoms with E-state index in [1.165, 1.54) is 12.1 Å². The summed E-state index contributed by atoms with van der Waals surface area (Å²) in [7, 11) is -0.283. The molecule has 4 aromatic heterocycles. The van der Waals surface area contributed by atoms with E-state index in [0.29, 0.717) is 6.42 Å². The van der Waals surface area contributed by atoms with E-state index in [9.17, 15) is 13.0 Å². The summed E-state index contributed by atoms with van der Waals surface area (Å²) in [4.78, 5) is 9.04. The van der Waals surface area contributed by atoms with Crippen LogP contribution >= 0.6 is 0 Å². The van der Waals surface area contributed by atoms with Gasteiger partial charge in [0.15, 0.2) is 0 Å². The fraction of sp³-hybridized carbons (Fsp3) is 0.333. The van der Waals surface area contributed by atoms with Crippen molar-refractivity contribution in [2.75, 3.05) is 0 Å². The van der Waals surface area contributed by atoms with E-state index in [-0.39, 0.29) is 4.90 Å². The maximum atomic E-state index is 10.4. The molecule has 0 bridgehead atoms. The minimum Gasteiger partial charge on any atom is -0.744 e. The Bertz CT molecular complexity index is 1610. The van der Waals surface area contributed by atoms with Crippen molar-refractivity contribution in [2.24, 2.45) is 14.1 Å². The fourth-order valence-electron chi connectivity index (χ4n) is 3.95. The van der Waals surface area contributed by atoms with E-state index in [4.69, 9.17) is 10.2 Å². The molecule has 0 fully saturated rings. The SMILES string of the molecule is Cc1cc(C)n2nc(Cc3nn4c(C)cc(C)nc4[n+]3C)[n+](C)c2n1.Cc1ccc(S(=O)(=O)[O-])cc1. The summed E-state index contributed by atoms with van der Waals surface area (Å²) in [6.45, 7) is 9.90. The molecule has 5 rings (SSSR count). The van der Waals surface area contributed by atoms with Crippen molar-refractivity contribution in [3.8, 4) is 0 Å². The minimum absolute atomic E-state index is 0.178. The molecule has 0 N–H and O–H groups in total. The van der Waals surface area contributed by atoms with Gasteiger partial charge in [-0.3, -0.25) is 0 Å². The molecular formula is C24H29N8O3S+. The molecule has 0 atom stereocenters. The number of aromatic nitrogens is 8. The molecule has 12 heteroatoms. The highest BCUT2D eigenvalue weighted by molar-refractivity contribution is 7.85. The molecule has 36 heavy (non-hydrogen) atoms. The Labute approximate surface area is 209 Å². The molecule has 0 saturated heterocycles. The quantitative estimate of drug-likeness (QED) is 0.264. The third-order valence-electron chi connectivity index (χ3n) is 5.87. The van der Waals surface area contributed by atoms with E-state index in [1.807, 2.05) is 79.0 Å². The van der Waals surface area contributed by atoms with Gasteiger partial charge in [-0.15, -0.1) is 9.97 Å². The smallest absolute Gasteiger partial charge is 0.387 e. The second kappa shape index (κ2) is 9.36. The predicted molar refractivity (Wildman–Crippen MR) is 129 cm³/mol. The van der Waals surface area contributed by atoms with Crippen LogP contribution in [0.15, 0.2) is 41.3 Å². The maximum absolute atomic E-state index is 10.4. The van der Waals surface area contributed by atoms with Crippen LogP contribution < -0.4 is 9.13 Å². The number of rotatable bonds is 3. The third kappa shape index (κ3) is 4.95. The Morgan fingerprint density at radius 3 is 1.58 bits per heavy atom. The highest BCUT2D eigenvalue weighted by Gasteiger charge is 2.26. The van der Waals surface area contributed by atoms with Crippen molar-refractivity contribution in [3.05, 3.63) is 76.4 Å². The molecule has 4 heterocycles. The molecular weight excluding hydrogens is 480 g/mol. The number of hydrogen-bond donors (Lipinski definition) is 0. The van der Waals surface area contributed by atoms with Gasteiger partial charge in [0.2, 0.25) is 0 Å². The predicted octanol–water partition coefficient (Wildman–Crippen LogP) is 1.14. The van der Waals surface area contributed by atoms with Crippen LogP contribution in [0.25, 0.3) is 11.6 Å². The molecule has 0 spiro atoms.